The highest BCUT2D eigenvalue weighted by atomic mass is 16.1. The summed E-state index contributed by atoms with van der Waals surface area (Å²) in [7, 11) is 0. The summed E-state index contributed by atoms with van der Waals surface area (Å²) in [5.41, 5.74) is 0. The van der Waals surface area contributed by atoms with E-state index < -0.39 is 0 Å². The zero-order valence-corrected chi connectivity index (χ0v) is 7.60. The normalized spacial score (nSPS) is 19.8. The summed E-state index contributed by atoms with van der Waals surface area (Å²) in [5.74, 6) is 1.67. The summed E-state index contributed by atoms with van der Waals surface area (Å²) in [6.07, 6.45) is 6.60. The van der Waals surface area contributed by atoms with E-state index in [9.17, 15) is 4.79 Å². The molecule has 1 aliphatic carbocycles. The van der Waals surface area contributed by atoms with Gasteiger partial charge >= 0.3 is 0 Å². The van der Waals surface area contributed by atoms with Gasteiger partial charge in [0, 0.05) is 5.92 Å². The Morgan fingerprint density at radius 2 is 2.18 bits per heavy atom. The summed E-state index contributed by atoms with van der Waals surface area (Å²) in [6.45, 7) is 3.73. The van der Waals surface area contributed by atoms with Gasteiger partial charge in [-0.2, -0.15) is 0 Å². The number of hydrogen-bond donors (Lipinski definition) is 0. The zero-order valence-electron chi connectivity index (χ0n) is 7.60. The molecule has 1 aliphatic rings. The number of ketones is 1. The molecule has 0 radical (unpaired) electrons. The van der Waals surface area contributed by atoms with Gasteiger partial charge in [-0.15, -0.1) is 0 Å². The van der Waals surface area contributed by atoms with Gasteiger partial charge < -0.3 is 0 Å². The zero-order chi connectivity index (χ0) is 8.27. The van der Waals surface area contributed by atoms with Gasteiger partial charge in [0.1, 0.15) is 5.78 Å². The first-order valence-corrected chi connectivity index (χ1v) is 4.70. The second-order valence-electron chi connectivity index (χ2n) is 3.89. The van der Waals surface area contributed by atoms with Crippen LogP contribution < -0.4 is 0 Å². The molecule has 0 bridgehead atoms. The highest BCUT2D eigenvalue weighted by Crippen LogP contribution is 2.34. The summed E-state index contributed by atoms with van der Waals surface area (Å²) >= 11 is 0. The minimum Gasteiger partial charge on any atom is -0.300 e. The number of hydrogen-bond acceptors (Lipinski definition) is 1. The molecule has 1 rings (SSSR count). The largest absolute Gasteiger partial charge is 0.300 e. The van der Waals surface area contributed by atoms with Gasteiger partial charge in [0.15, 0.2) is 0 Å². The lowest BCUT2D eigenvalue weighted by Gasteiger charge is -2.05. The van der Waals surface area contributed by atoms with Gasteiger partial charge in [-0.3, -0.25) is 4.79 Å². The number of rotatable bonds is 5. The molecule has 1 saturated carbocycles. The second kappa shape index (κ2) is 3.89. The van der Waals surface area contributed by atoms with Crippen molar-refractivity contribution in [2.75, 3.05) is 0 Å². The van der Waals surface area contributed by atoms with Crippen LogP contribution in [0.2, 0.25) is 0 Å². The number of Topliss-reactive ketones (excluding diaryl/α,β-unsaturated/α-hetero) is 1. The van der Waals surface area contributed by atoms with Gasteiger partial charge in [-0.1, -0.05) is 32.6 Å². The van der Waals surface area contributed by atoms with Crippen molar-refractivity contribution in [1.29, 1.82) is 0 Å². The summed E-state index contributed by atoms with van der Waals surface area (Å²) < 4.78 is 0. The monoisotopic (exact) mass is 154 g/mol. The van der Waals surface area contributed by atoms with Crippen molar-refractivity contribution < 1.29 is 4.79 Å². The maximum Gasteiger partial charge on any atom is 0.132 e. The van der Waals surface area contributed by atoms with Gasteiger partial charge in [0.2, 0.25) is 0 Å². The molecule has 0 aromatic carbocycles. The van der Waals surface area contributed by atoms with E-state index in [2.05, 4.69) is 0 Å². The molecular formula is C10H18O. The van der Waals surface area contributed by atoms with Gasteiger partial charge in [-0.25, -0.2) is 0 Å². The van der Waals surface area contributed by atoms with Crippen LogP contribution in [0.25, 0.3) is 0 Å². The summed E-state index contributed by atoms with van der Waals surface area (Å²) in [5, 5.41) is 0. The molecule has 0 amide bonds. The van der Waals surface area contributed by atoms with E-state index in [1.807, 2.05) is 6.92 Å². The van der Waals surface area contributed by atoms with Crippen molar-refractivity contribution in [2.24, 2.45) is 11.8 Å². The van der Waals surface area contributed by atoms with E-state index in [1.165, 1.54) is 25.7 Å². The van der Waals surface area contributed by atoms with E-state index in [1.54, 1.807) is 6.92 Å². The van der Waals surface area contributed by atoms with Crippen molar-refractivity contribution in [3.05, 3.63) is 0 Å². The van der Waals surface area contributed by atoms with Crippen molar-refractivity contribution in [3.63, 3.8) is 0 Å². The standard InChI is InChI=1S/C10H18O/c1-8(9(2)11)4-3-5-10-6-7-10/h8,10H,3-7H2,1-2H3. The summed E-state index contributed by atoms with van der Waals surface area (Å²) in [6, 6.07) is 0. The maximum absolute atomic E-state index is 10.8. The third-order valence-electron chi connectivity index (χ3n) is 2.64. The smallest absolute Gasteiger partial charge is 0.132 e. The molecule has 1 fully saturated rings. The Morgan fingerprint density at radius 1 is 1.55 bits per heavy atom. The first-order chi connectivity index (χ1) is 5.20. The highest BCUT2D eigenvalue weighted by Gasteiger charge is 2.20. The van der Waals surface area contributed by atoms with Crippen molar-refractivity contribution in [3.8, 4) is 0 Å². The Hall–Kier alpha value is -0.330. The van der Waals surface area contributed by atoms with E-state index in [0.29, 0.717) is 11.7 Å². The molecule has 1 nitrogen and oxygen atoms in total. The molecule has 1 heteroatoms. The fourth-order valence-electron chi connectivity index (χ4n) is 1.32. The molecular weight excluding hydrogens is 136 g/mol. The molecule has 1 unspecified atom stereocenters. The minimum absolute atomic E-state index is 0.300. The lowest BCUT2D eigenvalue weighted by molar-refractivity contribution is -0.120. The molecule has 64 valence electrons. The fraction of sp³-hybridized carbons (Fsp3) is 0.900. The maximum atomic E-state index is 10.8. The average Bonchev–Trinajstić information content (AvgIpc) is 2.71. The minimum atomic E-state index is 0.300. The first-order valence-electron chi connectivity index (χ1n) is 4.70. The van der Waals surface area contributed by atoms with Crippen LogP contribution in [-0.2, 0) is 4.79 Å². The Balaban J connectivity index is 1.96. The topological polar surface area (TPSA) is 17.1 Å². The molecule has 0 aromatic heterocycles. The van der Waals surface area contributed by atoms with Crippen molar-refractivity contribution in [1.82, 2.24) is 0 Å². The molecule has 1 atom stereocenters. The number of carbonyl (C=O) groups excluding carboxylic acids is 1. The van der Waals surface area contributed by atoms with E-state index >= 15 is 0 Å². The molecule has 0 spiro atoms. The average molecular weight is 154 g/mol. The molecule has 0 aliphatic heterocycles. The molecule has 0 aromatic rings. The predicted molar refractivity (Wildman–Crippen MR) is 46.4 cm³/mol. The SMILES string of the molecule is CC(=O)C(C)CCCC1CC1. The van der Waals surface area contributed by atoms with Crippen LogP contribution in [0.5, 0.6) is 0 Å². The Kier molecular flexibility index (Phi) is 3.10. The van der Waals surface area contributed by atoms with E-state index in [4.69, 9.17) is 0 Å². The quantitative estimate of drug-likeness (QED) is 0.595. The fourth-order valence-corrected chi connectivity index (χ4v) is 1.32. The second-order valence-corrected chi connectivity index (χ2v) is 3.89. The van der Waals surface area contributed by atoms with Crippen LogP contribution in [0.1, 0.15) is 46.0 Å². The summed E-state index contributed by atoms with van der Waals surface area (Å²) in [4.78, 5) is 10.8. The Morgan fingerprint density at radius 3 is 2.64 bits per heavy atom. The van der Waals surface area contributed by atoms with Crippen molar-refractivity contribution in [2.45, 2.75) is 46.0 Å². The van der Waals surface area contributed by atoms with Crippen LogP contribution in [-0.4, -0.2) is 5.78 Å². The number of carbonyl (C=O) groups is 1. The van der Waals surface area contributed by atoms with E-state index in [0.717, 1.165) is 12.3 Å². The molecule has 0 heterocycles. The predicted octanol–water partition coefficient (Wildman–Crippen LogP) is 2.79. The Labute approximate surface area is 69.2 Å². The lowest BCUT2D eigenvalue weighted by atomic mass is 9.99. The van der Waals surface area contributed by atoms with Gasteiger partial charge in [0.25, 0.3) is 0 Å². The third-order valence-corrected chi connectivity index (χ3v) is 2.64. The third kappa shape index (κ3) is 3.54. The molecule has 0 N–H and O–H groups in total. The van der Waals surface area contributed by atoms with Gasteiger partial charge in [-0.05, 0) is 19.3 Å². The highest BCUT2D eigenvalue weighted by molar-refractivity contribution is 5.77. The first kappa shape index (κ1) is 8.76. The van der Waals surface area contributed by atoms with Crippen LogP contribution in [0, 0.1) is 11.8 Å². The Bertz CT molecular complexity index is 136. The molecule has 0 saturated heterocycles. The lowest BCUT2D eigenvalue weighted by Crippen LogP contribution is -2.05. The van der Waals surface area contributed by atoms with Crippen LogP contribution in [0.15, 0.2) is 0 Å². The van der Waals surface area contributed by atoms with Crippen LogP contribution in [0.3, 0.4) is 0 Å². The van der Waals surface area contributed by atoms with E-state index in [-0.39, 0.29) is 0 Å². The van der Waals surface area contributed by atoms with Gasteiger partial charge in [0.05, 0.1) is 0 Å². The van der Waals surface area contributed by atoms with Crippen LogP contribution in [0.4, 0.5) is 0 Å². The van der Waals surface area contributed by atoms with Crippen molar-refractivity contribution >= 4 is 5.78 Å². The van der Waals surface area contributed by atoms with Crippen LogP contribution >= 0.6 is 0 Å². The molecule has 11 heavy (non-hydrogen) atoms.